The van der Waals surface area contributed by atoms with Crippen LogP contribution in [0.2, 0.25) is 0 Å². The van der Waals surface area contributed by atoms with Gasteiger partial charge in [-0.25, -0.2) is 0 Å². The molecule has 1 unspecified atom stereocenters. The SMILES string of the molecule is CC(C)CCC[C@@H](C)[C@H]1CC[C@H]2[C@@H]3C[C@@H]4OC45C[C@@H](CCC(=O)NCC(=O)O)CC[C@]5(C)[C@H]3CC[C@]12C. The number of carboxylic acid groups (broad SMARTS) is 1. The van der Waals surface area contributed by atoms with E-state index in [1.54, 1.807) is 0 Å². The predicted molar refractivity (Wildman–Crippen MR) is 146 cm³/mol. The average molecular weight is 516 g/mol. The molecule has 5 fully saturated rings. The van der Waals surface area contributed by atoms with Crippen molar-refractivity contribution in [3.8, 4) is 0 Å². The summed E-state index contributed by atoms with van der Waals surface area (Å²) in [6.45, 7) is 12.2. The summed E-state index contributed by atoms with van der Waals surface area (Å²) in [5.41, 5.74) is 0.847. The van der Waals surface area contributed by atoms with E-state index in [9.17, 15) is 9.59 Å². The van der Waals surface area contributed by atoms with E-state index in [2.05, 4.69) is 39.9 Å². The molecule has 5 aliphatic rings. The summed E-state index contributed by atoms with van der Waals surface area (Å²) in [4.78, 5) is 22.8. The molecular weight excluding hydrogens is 462 g/mol. The van der Waals surface area contributed by atoms with E-state index < -0.39 is 5.97 Å². The summed E-state index contributed by atoms with van der Waals surface area (Å²) in [6.07, 6.45) is 16.3. The highest BCUT2D eigenvalue weighted by atomic mass is 16.6. The molecule has 5 nitrogen and oxygen atoms in total. The summed E-state index contributed by atoms with van der Waals surface area (Å²) in [5, 5.41) is 11.3. The fourth-order valence-corrected chi connectivity index (χ4v) is 10.6. The molecule has 0 aromatic carbocycles. The first-order valence-corrected chi connectivity index (χ1v) is 15.7. The highest BCUT2D eigenvalue weighted by Crippen LogP contribution is 2.75. The molecule has 1 saturated heterocycles. The van der Waals surface area contributed by atoms with Crippen LogP contribution in [0.25, 0.3) is 0 Å². The second-order valence-electron chi connectivity index (χ2n) is 14.9. The van der Waals surface area contributed by atoms with Gasteiger partial charge < -0.3 is 15.2 Å². The van der Waals surface area contributed by atoms with Crippen LogP contribution in [0.5, 0.6) is 0 Å². The molecule has 0 radical (unpaired) electrons. The van der Waals surface area contributed by atoms with E-state index in [0.717, 1.165) is 48.3 Å². The van der Waals surface area contributed by atoms with Gasteiger partial charge in [-0.1, -0.05) is 53.9 Å². The van der Waals surface area contributed by atoms with E-state index in [1.165, 1.54) is 64.2 Å². The topological polar surface area (TPSA) is 78.9 Å². The van der Waals surface area contributed by atoms with Crippen LogP contribution >= 0.6 is 0 Å². The minimum atomic E-state index is -0.982. The number of carbonyl (C=O) groups excluding carboxylic acids is 1. The van der Waals surface area contributed by atoms with Crippen molar-refractivity contribution in [2.24, 2.45) is 52.3 Å². The largest absolute Gasteiger partial charge is 0.480 e. The van der Waals surface area contributed by atoms with Crippen LogP contribution in [0, 0.1) is 52.3 Å². The van der Waals surface area contributed by atoms with Gasteiger partial charge in [-0.3, -0.25) is 9.59 Å². The van der Waals surface area contributed by atoms with Crippen molar-refractivity contribution >= 4 is 11.9 Å². The zero-order valence-electron chi connectivity index (χ0n) is 24.2. The Balaban J connectivity index is 1.21. The Labute approximate surface area is 225 Å². The first-order valence-electron chi connectivity index (χ1n) is 15.7. The molecule has 2 N–H and O–H groups in total. The Hall–Kier alpha value is -1.10. The molecule has 0 aromatic heterocycles. The van der Waals surface area contributed by atoms with Crippen molar-refractivity contribution in [2.45, 2.75) is 130 Å². The van der Waals surface area contributed by atoms with E-state index in [1.807, 2.05) is 0 Å². The summed E-state index contributed by atoms with van der Waals surface area (Å²) in [6, 6.07) is 0. The molecule has 5 heteroatoms. The van der Waals surface area contributed by atoms with E-state index in [4.69, 9.17) is 9.84 Å². The number of rotatable bonds is 10. The smallest absolute Gasteiger partial charge is 0.322 e. The van der Waals surface area contributed by atoms with Gasteiger partial charge >= 0.3 is 5.97 Å². The maximum atomic E-state index is 12.1. The van der Waals surface area contributed by atoms with Crippen molar-refractivity contribution < 1.29 is 19.4 Å². The van der Waals surface area contributed by atoms with Gasteiger partial charge in [0.1, 0.15) is 12.1 Å². The Bertz CT molecular complexity index is 873. The zero-order valence-corrected chi connectivity index (χ0v) is 24.2. The van der Waals surface area contributed by atoms with Crippen LogP contribution in [0.1, 0.15) is 118 Å². The molecule has 37 heavy (non-hydrogen) atoms. The molecule has 1 aliphatic heterocycles. The van der Waals surface area contributed by atoms with Crippen LogP contribution < -0.4 is 5.32 Å². The first-order chi connectivity index (χ1) is 17.5. The minimum Gasteiger partial charge on any atom is -0.480 e. The number of nitrogens with one attached hydrogen (secondary N) is 1. The van der Waals surface area contributed by atoms with Crippen LogP contribution in [0.3, 0.4) is 0 Å². The third-order valence-electron chi connectivity index (χ3n) is 12.6. The molecule has 1 amide bonds. The van der Waals surface area contributed by atoms with Crippen molar-refractivity contribution in [1.29, 1.82) is 0 Å². The number of epoxide rings is 1. The number of fused-ring (bicyclic) bond motifs is 4. The maximum Gasteiger partial charge on any atom is 0.322 e. The standard InChI is InChI=1S/C32H53NO4/c1-20(2)7-6-8-21(3)24-10-11-25-23-17-27-32(37-27)18-22(9-12-28(34)33-19-29(35)36)13-16-31(32,5)26(23)14-15-30(24,25)4/h20-27H,6-19H2,1-5H3,(H,33,34)(H,35,36)/t21-,22+,23+,24-,25+,26+,27+,30-,31-,32?/m1/s1. The molecule has 5 rings (SSSR count). The predicted octanol–water partition coefficient (Wildman–Crippen LogP) is 6.84. The Kier molecular flexibility index (Phi) is 7.53. The fraction of sp³-hybridized carbons (Fsp3) is 0.938. The molecular formula is C32H53NO4. The van der Waals surface area contributed by atoms with Crippen LogP contribution in [-0.2, 0) is 14.3 Å². The Morgan fingerprint density at radius 2 is 1.81 bits per heavy atom. The van der Waals surface area contributed by atoms with Gasteiger partial charge in [0.15, 0.2) is 0 Å². The number of aliphatic carboxylic acids is 1. The number of carboxylic acids is 1. The van der Waals surface area contributed by atoms with E-state index in [-0.39, 0.29) is 23.5 Å². The Morgan fingerprint density at radius 3 is 2.54 bits per heavy atom. The van der Waals surface area contributed by atoms with Crippen LogP contribution in [-0.4, -0.2) is 35.2 Å². The number of hydrogen-bond donors (Lipinski definition) is 2. The Morgan fingerprint density at radius 1 is 1.03 bits per heavy atom. The van der Waals surface area contributed by atoms with Crippen molar-refractivity contribution in [3.05, 3.63) is 0 Å². The van der Waals surface area contributed by atoms with Crippen molar-refractivity contribution in [1.82, 2.24) is 5.32 Å². The highest BCUT2D eigenvalue weighted by Gasteiger charge is 2.75. The lowest BCUT2D eigenvalue weighted by Gasteiger charge is -2.60. The second-order valence-corrected chi connectivity index (χ2v) is 14.9. The molecule has 1 heterocycles. The van der Waals surface area contributed by atoms with Crippen LogP contribution in [0.15, 0.2) is 0 Å². The third-order valence-corrected chi connectivity index (χ3v) is 12.6. The van der Waals surface area contributed by atoms with Gasteiger partial charge in [-0.05, 0) is 105 Å². The number of carbonyl (C=O) groups is 2. The molecule has 4 saturated carbocycles. The van der Waals surface area contributed by atoms with E-state index in [0.29, 0.717) is 23.9 Å². The lowest BCUT2D eigenvalue weighted by molar-refractivity contribution is -0.138. The summed E-state index contributed by atoms with van der Waals surface area (Å²) in [5.74, 6) is 4.46. The number of amides is 1. The third kappa shape index (κ3) is 4.78. The van der Waals surface area contributed by atoms with Crippen molar-refractivity contribution in [2.75, 3.05) is 6.54 Å². The van der Waals surface area contributed by atoms with Gasteiger partial charge in [-0.2, -0.15) is 0 Å². The number of ether oxygens (including phenoxy) is 1. The minimum absolute atomic E-state index is 0.0461. The quantitative estimate of drug-likeness (QED) is 0.312. The second kappa shape index (κ2) is 10.1. The average Bonchev–Trinajstić information content (AvgIpc) is 3.42. The first kappa shape index (κ1) is 27.5. The van der Waals surface area contributed by atoms with Gasteiger partial charge in [0.25, 0.3) is 0 Å². The maximum absolute atomic E-state index is 12.1. The normalized spacial score (nSPS) is 44.8. The summed E-state index contributed by atoms with van der Waals surface area (Å²) < 4.78 is 6.73. The zero-order chi connectivity index (χ0) is 26.6. The molecule has 4 aliphatic carbocycles. The van der Waals surface area contributed by atoms with E-state index >= 15 is 0 Å². The summed E-state index contributed by atoms with van der Waals surface area (Å²) >= 11 is 0. The van der Waals surface area contributed by atoms with Gasteiger partial charge in [-0.15, -0.1) is 0 Å². The van der Waals surface area contributed by atoms with Crippen molar-refractivity contribution in [3.63, 3.8) is 0 Å². The fourth-order valence-electron chi connectivity index (χ4n) is 10.6. The summed E-state index contributed by atoms with van der Waals surface area (Å²) in [7, 11) is 0. The lowest BCUT2D eigenvalue weighted by atomic mass is 9.43. The highest BCUT2D eigenvalue weighted by molar-refractivity contribution is 5.81. The lowest BCUT2D eigenvalue weighted by Crippen LogP contribution is -2.58. The number of hydrogen-bond acceptors (Lipinski definition) is 3. The molecule has 0 bridgehead atoms. The van der Waals surface area contributed by atoms with Crippen LogP contribution in [0.4, 0.5) is 0 Å². The molecule has 0 aromatic rings. The molecule has 1 spiro atoms. The van der Waals surface area contributed by atoms with Gasteiger partial charge in [0, 0.05) is 11.8 Å². The molecule has 210 valence electrons. The molecule has 10 atom stereocenters. The van der Waals surface area contributed by atoms with Gasteiger partial charge in [0.2, 0.25) is 5.91 Å². The monoisotopic (exact) mass is 515 g/mol. The van der Waals surface area contributed by atoms with Gasteiger partial charge in [0.05, 0.1) is 6.10 Å².